The van der Waals surface area contributed by atoms with E-state index in [0.717, 1.165) is 56.3 Å². The van der Waals surface area contributed by atoms with E-state index in [1.54, 1.807) is 0 Å². The van der Waals surface area contributed by atoms with Gasteiger partial charge < -0.3 is 43.4 Å². The molecule has 3 aromatic carbocycles. The molecule has 0 saturated heterocycles. The zero-order valence-electron chi connectivity index (χ0n) is 62.4. The molecule has 506 valence electrons. The SMILES string of the molecule is CC(C)c1ccc(C(C)C)n1-c1cc(NCCN(CCNc2cc(-n3c(C(C)C)ccc3C(C)C)cc(-n3c(C(C)C)ccc3C(C)C)c2)CCNc2cc(-n3c(C(C)C)ccc3C(C)C)cc(-n3c(C(C)C)ccc3C(C)C)c2)cc(-n2c(C(C)C)ccc2C(C)C)c1. The van der Waals surface area contributed by atoms with Crippen molar-refractivity contribution >= 4 is 17.1 Å². The third-order valence-corrected chi connectivity index (χ3v) is 19.3. The Morgan fingerprint density at radius 1 is 0.213 bits per heavy atom. The summed E-state index contributed by atoms with van der Waals surface area (Å²) in [4.78, 5) is 2.66. The van der Waals surface area contributed by atoms with Gasteiger partial charge in [0.1, 0.15) is 0 Å². The van der Waals surface area contributed by atoms with Crippen LogP contribution in [-0.4, -0.2) is 71.6 Å². The molecule has 0 spiro atoms. The molecule has 0 aliphatic carbocycles. The van der Waals surface area contributed by atoms with Crippen LogP contribution in [0, 0.1) is 0 Å². The van der Waals surface area contributed by atoms with Gasteiger partial charge in [-0.3, -0.25) is 4.90 Å². The molecule has 10 nitrogen and oxygen atoms in total. The molecule has 0 aliphatic heterocycles. The average molecular weight is 1270 g/mol. The van der Waals surface area contributed by atoms with Gasteiger partial charge in [0, 0.05) is 159 Å². The van der Waals surface area contributed by atoms with E-state index < -0.39 is 0 Å². The second kappa shape index (κ2) is 30.2. The van der Waals surface area contributed by atoms with Crippen LogP contribution in [-0.2, 0) is 0 Å². The van der Waals surface area contributed by atoms with E-state index in [9.17, 15) is 0 Å². The van der Waals surface area contributed by atoms with E-state index in [-0.39, 0.29) is 0 Å². The van der Waals surface area contributed by atoms with Crippen molar-refractivity contribution in [2.45, 2.75) is 237 Å². The summed E-state index contributed by atoms with van der Waals surface area (Å²) in [5, 5.41) is 12.2. The fraction of sp³-hybridized carbons (Fsp3) is 0.500. The summed E-state index contributed by atoms with van der Waals surface area (Å²) in [6.07, 6.45) is 0. The molecule has 6 aromatic heterocycles. The monoisotopic (exact) mass is 1270 g/mol. The Morgan fingerprint density at radius 3 is 0.457 bits per heavy atom. The molecule has 0 bridgehead atoms. The fourth-order valence-corrected chi connectivity index (χ4v) is 14.3. The van der Waals surface area contributed by atoms with Gasteiger partial charge in [-0.1, -0.05) is 166 Å². The molecule has 0 unspecified atom stereocenters. The molecule has 3 N–H and O–H groups in total. The third kappa shape index (κ3) is 15.3. The molecule has 0 radical (unpaired) electrons. The molecule has 0 amide bonds. The van der Waals surface area contributed by atoms with Crippen molar-refractivity contribution in [2.75, 3.05) is 55.2 Å². The summed E-state index contributed by atoms with van der Waals surface area (Å²) in [7, 11) is 0. The number of nitrogens with one attached hydrogen (secondary N) is 3. The molecule has 0 atom stereocenters. The van der Waals surface area contributed by atoms with E-state index in [0.29, 0.717) is 71.0 Å². The van der Waals surface area contributed by atoms with Gasteiger partial charge in [0.2, 0.25) is 0 Å². The van der Waals surface area contributed by atoms with Crippen molar-refractivity contribution in [1.82, 2.24) is 32.3 Å². The average Bonchev–Trinajstić information content (AvgIpc) is 1.55. The molecular formula is C84H120N10. The summed E-state index contributed by atoms with van der Waals surface area (Å²) in [5.74, 6) is 4.29. The number of benzene rings is 3. The fourth-order valence-electron chi connectivity index (χ4n) is 14.3. The second-order valence-corrected chi connectivity index (χ2v) is 30.8. The van der Waals surface area contributed by atoms with Crippen LogP contribution in [0.2, 0.25) is 0 Å². The number of hydrogen-bond donors (Lipinski definition) is 3. The van der Waals surface area contributed by atoms with E-state index in [1.165, 1.54) is 102 Å². The van der Waals surface area contributed by atoms with Crippen LogP contribution in [0.15, 0.2) is 127 Å². The van der Waals surface area contributed by atoms with Crippen LogP contribution < -0.4 is 16.0 Å². The molecule has 0 saturated carbocycles. The van der Waals surface area contributed by atoms with Crippen molar-refractivity contribution in [3.63, 3.8) is 0 Å². The summed E-state index contributed by atoms with van der Waals surface area (Å²) in [5.41, 5.74) is 26.6. The Hall–Kier alpha value is -7.30. The molecule has 0 aliphatic rings. The summed E-state index contributed by atoms with van der Waals surface area (Å²) in [6.45, 7) is 60.6. The van der Waals surface area contributed by atoms with E-state index in [2.05, 4.69) is 342 Å². The largest absolute Gasteiger partial charge is 0.384 e. The molecule has 9 rings (SSSR count). The van der Waals surface area contributed by atoms with Gasteiger partial charge in [0.25, 0.3) is 0 Å². The third-order valence-electron chi connectivity index (χ3n) is 19.3. The Labute approximate surface area is 568 Å². The minimum Gasteiger partial charge on any atom is -0.384 e. The predicted molar refractivity (Wildman–Crippen MR) is 406 cm³/mol. The quantitative estimate of drug-likeness (QED) is 0.0420. The van der Waals surface area contributed by atoms with Crippen molar-refractivity contribution in [3.8, 4) is 34.1 Å². The van der Waals surface area contributed by atoms with Gasteiger partial charge in [0.15, 0.2) is 0 Å². The van der Waals surface area contributed by atoms with Crippen molar-refractivity contribution in [1.29, 1.82) is 0 Å². The number of hydrogen-bond acceptors (Lipinski definition) is 4. The maximum Gasteiger partial charge on any atom is 0.0496 e. The number of aromatic nitrogens is 6. The predicted octanol–water partition coefficient (Wildman–Crippen LogP) is 22.8. The molecule has 0 fully saturated rings. The van der Waals surface area contributed by atoms with Crippen LogP contribution in [0.25, 0.3) is 34.1 Å². The minimum atomic E-state index is 0.358. The van der Waals surface area contributed by atoms with Crippen LogP contribution >= 0.6 is 0 Å². The highest BCUT2D eigenvalue weighted by Crippen LogP contribution is 2.39. The van der Waals surface area contributed by atoms with Gasteiger partial charge in [0.05, 0.1) is 0 Å². The maximum absolute atomic E-state index is 4.08. The first-order chi connectivity index (χ1) is 44.6. The second-order valence-electron chi connectivity index (χ2n) is 30.8. The highest BCUT2D eigenvalue weighted by molar-refractivity contribution is 5.64. The summed E-state index contributed by atoms with van der Waals surface area (Å²) < 4.78 is 15.3. The first-order valence-corrected chi connectivity index (χ1v) is 36.3. The lowest BCUT2D eigenvalue weighted by molar-refractivity contribution is 0.306. The van der Waals surface area contributed by atoms with Crippen LogP contribution in [0.3, 0.4) is 0 Å². The molecule has 9 aromatic rings. The first-order valence-electron chi connectivity index (χ1n) is 36.3. The van der Waals surface area contributed by atoms with Crippen molar-refractivity contribution in [3.05, 3.63) is 196 Å². The van der Waals surface area contributed by atoms with Crippen LogP contribution in [0.5, 0.6) is 0 Å². The van der Waals surface area contributed by atoms with Crippen molar-refractivity contribution < 1.29 is 0 Å². The Balaban J connectivity index is 1.12. The Bertz CT molecular complexity index is 3160. The summed E-state index contributed by atoms with van der Waals surface area (Å²) in [6, 6.07) is 49.9. The summed E-state index contributed by atoms with van der Waals surface area (Å²) >= 11 is 0. The Morgan fingerprint density at radius 2 is 0.340 bits per heavy atom. The van der Waals surface area contributed by atoms with Gasteiger partial charge >= 0.3 is 0 Å². The standard InChI is InChI=1S/C84H120N10/c1-52(2)73-25-26-74(53(3)4)89(73)67-43-64(44-68(49-67)90-75(54(5)6)27-28-76(90)55(7)8)85-37-40-88(41-38-86-65-45-69(91-77(56(9)10)29-30-78(91)57(11)12)50-70(46-65)92-79(58(13)14)31-32-80(92)59(15)16)42-39-87-66-47-71(93-81(60(17)18)33-34-82(93)61(19)20)51-72(48-66)94-83(62(21)22)35-36-84(94)63(23)24/h25-36,43-63,85-87H,37-42H2,1-24H3. The highest BCUT2D eigenvalue weighted by Gasteiger charge is 2.25. The van der Waals surface area contributed by atoms with Gasteiger partial charge in [-0.2, -0.15) is 0 Å². The molecule has 10 heteroatoms. The topological polar surface area (TPSA) is 68.9 Å². The molecule has 6 heterocycles. The van der Waals surface area contributed by atoms with E-state index in [4.69, 9.17) is 0 Å². The minimum absolute atomic E-state index is 0.358. The zero-order chi connectivity index (χ0) is 68.3. The van der Waals surface area contributed by atoms with Crippen molar-refractivity contribution in [2.24, 2.45) is 0 Å². The Kier molecular flexibility index (Phi) is 22.8. The molecular weight excluding hydrogens is 1150 g/mol. The number of nitrogens with zero attached hydrogens (tertiary/aromatic N) is 7. The van der Waals surface area contributed by atoms with Crippen LogP contribution in [0.4, 0.5) is 17.1 Å². The first kappa shape index (κ1) is 71.0. The number of anilines is 3. The zero-order valence-corrected chi connectivity index (χ0v) is 62.4. The smallest absolute Gasteiger partial charge is 0.0496 e. The number of rotatable bonds is 30. The normalized spacial score (nSPS) is 12.5. The van der Waals surface area contributed by atoms with E-state index in [1.807, 2.05) is 0 Å². The lowest BCUT2D eigenvalue weighted by Gasteiger charge is -2.26. The van der Waals surface area contributed by atoms with Gasteiger partial charge in [-0.25, -0.2) is 0 Å². The van der Waals surface area contributed by atoms with Crippen LogP contribution in [0.1, 0.15) is 306 Å². The lowest BCUT2D eigenvalue weighted by Crippen LogP contribution is -2.36. The highest BCUT2D eigenvalue weighted by atomic mass is 15.2. The maximum atomic E-state index is 4.08. The van der Waals surface area contributed by atoms with E-state index >= 15 is 0 Å². The lowest BCUT2D eigenvalue weighted by atomic mass is 10.1. The molecule has 94 heavy (non-hydrogen) atoms. The van der Waals surface area contributed by atoms with Gasteiger partial charge in [-0.15, -0.1) is 0 Å². The van der Waals surface area contributed by atoms with Gasteiger partial charge in [-0.05, 0) is 198 Å².